The number of nitrogens with zero attached hydrogens (tertiary/aromatic N) is 2. The van der Waals surface area contributed by atoms with E-state index in [1.54, 1.807) is 4.68 Å². The Labute approximate surface area is 84.3 Å². The second-order valence-corrected chi connectivity index (χ2v) is 3.78. The quantitative estimate of drug-likeness (QED) is 0.771. The molecule has 0 spiro atoms. The van der Waals surface area contributed by atoms with Crippen molar-refractivity contribution in [1.82, 2.24) is 15.1 Å². The molecule has 14 heavy (non-hydrogen) atoms. The molecule has 4 heteroatoms. The minimum absolute atomic E-state index is 0.427. The molecular weight excluding hydrogens is 178 g/mol. The van der Waals surface area contributed by atoms with Crippen molar-refractivity contribution in [3.63, 3.8) is 0 Å². The van der Waals surface area contributed by atoms with Gasteiger partial charge in [0, 0.05) is 18.8 Å². The van der Waals surface area contributed by atoms with E-state index in [9.17, 15) is 0 Å². The minimum Gasteiger partial charge on any atom is -0.373 e. The largest absolute Gasteiger partial charge is 0.373 e. The molecule has 2 rings (SSSR count). The van der Waals surface area contributed by atoms with Crippen LogP contribution in [-0.2, 0) is 18.4 Å². The average Bonchev–Trinajstić information content (AvgIpc) is 2.63. The van der Waals surface area contributed by atoms with Gasteiger partial charge in [-0.1, -0.05) is 0 Å². The van der Waals surface area contributed by atoms with Gasteiger partial charge < -0.3 is 10.1 Å². The highest BCUT2D eigenvalue weighted by atomic mass is 16.5. The van der Waals surface area contributed by atoms with Crippen molar-refractivity contribution in [2.24, 2.45) is 7.05 Å². The smallest absolute Gasteiger partial charge is 0.0751 e. The number of piperidine rings is 1. The fourth-order valence-electron chi connectivity index (χ4n) is 1.72. The zero-order valence-corrected chi connectivity index (χ0v) is 8.57. The van der Waals surface area contributed by atoms with E-state index in [-0.39, 0.29) is 0 Å². The van der Waals surface area contributed by atoms with Crippen LogP contribution in [0.2, 0.25) is 0 Å². The summed E-state index contributed by atoms with van der Waals surface area (Å²) in [5, 5.41) is 7.43. The molecule has 1 aliphatic rings. The molecule has 1 aromatic rings. The monoisotopic (exact) mass is 195 g/mol. The van der Waals surface area contributed by atoms with Gasteiger partial charge in [0.15, 0.2) is 0 Å². The third kappa shape index (κ3) is 2.56. The van der Waals surface area contributed by atoms with Crippen LogP contribution in [0.5, 0.6) is 0 Å². The Morgan fingerprint density at radius 2 is 2.36 bits per heavy atom. The van der Waals surface area contributed by atoms with Crippen molar-refractivity contribution in [3.8, 4) is 0 Å². The maximum absolute atomic E-state index is 5.79. The number of aromatic nitrogens is 2. The maximum atomic E-state index is 5.79. The SMILES string of the molecule is Cn1cc(COC2CCNCC2)cn1. The third-order valence-electron chi connectivity index (χ3n) is 2.53. The van der Waals surface area contributed by atoms with Crippen molar-refractivity contribution in [3.05, 3.63) is 18.0 Å². The normalized spacial score (nSPS) is 18.6. The Morgan fingerprint density at radius 1 is 1.57 bits per heavy atom. The summed E-state index contributed by atoms with van der Waals surface area (Å²) >= 11 is 0. The Hall–Kier alpha value is -0.870. The van der Waals surface area contributed by atoms with E-state index in [2.05, 4.69) is 10.4 Å². The highest BCUT2D eigenvalue weighted by molar-refractivity contribution is 5.01. The molecule has 0 unspecified atom stereocenters. The molecule has 0 saturated carbocycles. The molecule has 2 heterocycles. The van der Waals surface area contributed by atoms with Crippen LogP contribution in [0.15, 0.2) is 12.4 Å². The maximum Gasteiger partial charge on any atom is 0.0751 e. The molecule has 78 valence electrons. The molecule has 1 aliphatic heterocycles. The molecule has 1 fully saturated rings. The number of nitrogens with one attached hydrogen (secondary N) is 1. The Balaban J connectivity index is 1.76. The molecule has 1 saturated heterocycles. The predicted molar refractivity (Wildman–Crippen MR) is 53.9 cm³/mol. The molecule has 1 N–H and O–H groups in total. The lowest BCUT2D eigenvalue weighted by Crippen LogP contribution is -2.32. The van der Waals surface area contributed by atoms with Gasteiger partial charge in [-0.25, -0.2) is 0 Å². The van der Waals surface area contributed by atoms with Gasteiger partial charge in [-0.05, 0) is 25.9 Å². The standard InChI is InChI=1S/C10H17N3O/c1-13-7-9(6-12-13)8-14-10-2-4-11-5-3-10/h6-7,10-11H,2-5,8H2,1H3. The third-order valence-corrected chi connectivity index (χ3v) is 2.53. The van der Waals surface area contributed by atoms with Crippen LogP contribution in [0.3, 0.4) is 0 Å². The summed E-state index contributed by atoms with van der Waals surface area (Å²) < 4.78 is 7.60. The van der Waals surface area contributed by atoms with Crippen molar-refractivity contribution in [2.75, 3.05) is 13.1 Å². The van der Waals surface area contributed by atoms with Gasteiger partial charge >= 0.3 is 0 Å². The van der Waals surface area contributed by atoms with Crippen LogP contribution >= 0.6 is 0 Å². The van der Waals surface area contributed by atoms with E-state index in [0.29, 0.717) is 12.7 Å². The first-order valence-electron chi connectivity index (χ1n) is 5.14. The molecule has 0 atom stereocenters. The molecule has 0 radical (unpaired) electrons. The summed E-state index contributed by atoms with van der Waals surface area (Å²) in [6, 6.07) is 0. The van der Waals surface area contributed by atoms with E-state index in [4.69, 9.17) is 4.74 Å². The summed E-state index contributed by atoms with van der Waals surface area (Å²) in [6.07, 6.45) is 6.54. The molecular formula is C10H17N3O. The van der Waals surface area contributed by atoms with Crippen molar-refractivity contribution in [1.29, 1.82) is 0 Å². The van der Waals surface area contributed by atoms with Crippen molar-refractivity contribution >= 4 is 0 Å². The lowest BCUT2D eigenvalue weighted by atomic mass is 10.1. The van der Waals surface area contributed by atoms with E-state index in [1.807, 2.05) is 19.4 Å². The molecule has 4 nitrogen and oxygen atoms in total. The van der Waals surface area contributed by atoms with Crippen LogP contribution < -0.4 is 5.32 Å². The first-order chi connectivity index (χ1) is 6.84. The predicted octanol–water partition coefficient (Wildman–Crippen LogP) is 0.689. The van der Waals surface area contributed by atoms with Gasteiger partial charge in [-0.15, -0.1) is 0 Å². The van der Waals surface area contributed by atoms with Gasteiger partial charge in [-0.2, -0.15) is 5.10 Å². The average molecular weight is 195 g/mol. The topological polar surface area (TPSA) is 39.1 Å². The summed E-state index contributed by atoms with van der Waals surface area (Å²) in [6.45, 7) is 2.86. The second-order valence-electron chi connectivity index (χ2n) is 3.78. The number of rotatable bonds is 3. The molecule has 1 aromatic heterocycles. The number of ether oxygens (including phenoxy) is 1. The number of hydrogen-bond acceptors (Lipinski definition) is 3. The van der Waals surface area contributed by atoms with E-state index in [1.165, 1.54) is 0 Å². The highest BCUT2D eigenvalue weighted by Gasteiger charge is 2.13. The molecule has 0 aromatic carbocycles. The minimum atomic E-state index is 0.427. The van der Waals surface area contributed by atoms with Crippen molar-refractivity contribution in [2.45, 2.75) is 25.6 Å². The first-order valence-corrected chi connectivity index (χ1v) is 5.14. The van der Waals surface area contributed by atoms with Gasteiger partial charge in [0.2, 0.25) is 0 Å². The van der Waals surface area contributed by atoms with E-state index >= 15 is 0 Å². The van der Waals surface area contributed by atoms with Crippen LogP contribution in [0.25, 0.3) is 0 Å². The van der Waals surface area contributed by atoms with Crippen LogP contribution in [0.4, 0.5) is 0 Å². The zero-order chi connectivity index (χ0) is 9.80. The zero-order valence-electron chi connectivity index (χ0n) is 8.57. The lowest BCUT2D eigenvalue weighted by molar-refractivity contribution is 0.0212. The molecule has 0 aliphatic carbocycles. The fraction of sp³-hybridized carbons (Fsp3) is 0.700. The van der Waals surface area contributed by atoms with Crippen LogP contribution in [0, 0.1) is 0 Å². The van der Waals surface area contributed by atoms with E-state index in [0.717, 1.165) is 31.5 Å². The van der Waals surface area contributed by atoms with Crippen LogP contribution in [0.1, 0.15) is 18.4 Å². The van der Waals surface area contributed by atoms with Gasteiger partial charge in [0.25, 0.3) is 0 Å². The van der Waals surface area contributed by atoms with E-state index < -0.39 is 0 Å². The summed E-state index contributed by atoms with van der Waals surface area (Å²) in [4.78, 5) is 0. The fourth-order valence-corrected chi connectivity index (χ4v) is 1.72. The summed E-state index contributed by atoms with van der Waals surface area (Å²) in [5.41, 5.74) is 1.16. The Bertz CT molecular complexity index is 279. The molecule has 0 bridgehead atoms. The summed E-state index contributed by atoms with van der Waals surface area (Å²) in [5.74, 6) is 0. The summed E-state index contributed by atoms with van der Waals surface area (Å²) in [7, 11) is 1.92. The molecule has 0 amide bonds. The van der Waals surface area contributed by atoms with Crippen molar-refractivity contribution < 1.29 is 4.74 Å². The second kappa shape index (κ2) is 4.57. The van der Waals surface area contributed by atoms with Crippen LogP contribution in [-0.4, -0.2) is 29.0 Å². The van der Waals surface area contributed by atoms with Gasteiger partial charge in [0.05, 0.1) is 18.9 Å². The van der Waals surface area contributed by atoms with Gasteiger partial charge in [-0.3, -0.25) is 4.68 Å². The highest BCUT2D eigenvalue weighted by Crippen LogP contribution is 2.10. The Kier molecular flexibility index (Phi) is 3.16. The number of aryl methyl sites for hydroxylation is 1. The number of hydrogen-bond donors (Lipinski definition) is 1. The van der Waals surface area contributed by atoms with Gasteiger partial charge in [0.1, 0.15) is 0 Å². The first kappa shape index (κ1) is 9.68. The lowest BCUT2D eigenvalue weighted by Gasteiger charge is -2.22. The Morgan fingerprint density at radius 3 is 3.00 bits per heavy atom.